The van der Waals surface area contributed by atoms with E-state index in [1.54, 1.807) is 60.7 Å². The van der Waals surface area contributed by atoms with Gasteiger partial charge in [0.05, 0.1) is 17.2 Å². The van der Waals surface area contributed by atoms with Gasteiger partial charge in [0.15, 0.2) is 0 Å². The fourth-order valence-electron chi connectivity index (χ4n) is 4.93. The summed E-state index contributed by atoms with van der Waals surface area (Å²) in [6.45, 7) is 5.99. The second kappa shape index (κ2) is 16.7. The van der Waals surface area contributed by atoms with E-state index < -0.39 is 28.5 Å². The molecule has 0 heterocycles. The van der Waals surface area contributed by atoms with Crippen LogP contribution in [0.2, 0.25) is 10.0 Å². The van der Waals surface area contributed by atoms with Gasteiger partial charge in [-0.1, -0.05) is 91.6 Å². The first kappa shape index (κ1) is 35.8. The highest BCUT2D eigenvalue weighted by molar-refractivity contribution is 7.92. The number of rotatable bonds is 15. The zero-order chi connectivity index (χ0) is 34.0. The average Bonchev–Trinajstić information content (AvgIpc) is 3.06. The quantitative estimate of drug-likeness (QED) is 0.145. The molecule has 0 radical (unpaired) electrons. The molecular formula is C36H39Cl2N3O5S. The fourth-order valence-corrected chi connectivity index (χ4v) is 6.82. The van der Waals surface area contributed by atoms with Gasteiger partial charge < -0.3 is 15.0 Å². The zero-order valence-corrected chi connectivity index (χ0v) is 28.9. The van der Waals surface area contributed by atoms with Crippen LogP contribution in [0.5, 0.6) is 5.75 Å². The zero-order valence-electron chi connectivity index (χ0n) is 26.6. The molecule has 0 spiro atoms. The number of hydrogen-bond acceptors (Lipinski definition) is 5. The maximum Gasteiger partial charge on any atom is 0.264 e. The summed E-state index contributed by atoms with van der Waals surface area (Å²) in [5.41, 5.74) is 1.68. The van der Waals surface area contributed by atoms with Crippen molar-refractivity contribution >= 4 is 50.7 Å². The Balaban J connectivity index is 1.79. The summed E-state index contributed by atoms with van der Waals surface area (Å²) in [6.07, 6.45) is 0.193. The molecule has 0 aromatic heterocycles. The van der Waals surface area contributed by atoms with Gasteiger partial charge in [0.1, 0.15) is 18.3 Å². The molecule has 248 valence electrons. The highest BCUT2D eigenvalue weighted by Crippen LogP contribution is 2.28. The van der Waals surface area contributed by atoms with Gasteiger partial charge in [-0.2, -0.15) is 0 Å². The summed E-state index contributed by atoms with van der Waals surface area (Å²) in [4.78, 5) is 29.8. The number of carbonyl (C=O) groups excluding carboxylic acids is 2. The van der Waals surface area contributed by atoms with Gasteiger partial charge in [-0.05, 0) is 72.5 Å². The van der Waals surface area contributed by atoms with Crippen LogP contribution in [0.15, 0.2) is 108 Å². The Labute approximate surface area is 287 Å². The van der Waals surface area contributed by atoms with Crippen molar-refractivity contribution in [2.24, 2.45) is 5.92 Å². The molecule has 11 heteroatoms. The predicted molar refractivity (Wildman–Crippen MR) is 187 cm³/mol. The lowest BCUT2D eigenvalue weighted by Crippen LogP contribution is -2.53. The van der Waals surface area contributed by atoms with Crippen molar-refractivity contribution < 1.29 is 22.7 Å². The van der Waals surface area contributed by atoms with E-state index in [1.165, 1.54) is 17.0 Å². The van der Waals surface area contributed by atoms with Gasteiger partial charge in [0, 0.05) is 29.6 Å². The van der Waals surface area contributed by atoms with Gasteiger partial charge in [-0.25, -0.2) is 8.42 Å². The van der Waals surface area contributed by atoms with Crippen LogP contribution in [-0.4, -0.2) is 50.9 Å². The Morgan fingerprint density at radius 1 is 0.872 bits per heavy atom. The minimum Gasteiger partial charge on any atom is -0.494 e. The maximum atomic E-state index is 14.6. The molecule has 4 aromatic rings. The third-order valence-corrected chi connectivity index (χ3v) is 9.73. The molecule has 1 atom stereocenters. The van der Waals surface area contributed by atoms with Crippen molar-refractivity contribution in [1.82, 2.24) is 10.2 Å². The van der Waals surface area contributed by atoms with E-state index in [4.69, 9.17) is 27.9 Å². The number of nitrogens with one attached hydrogen (secondary N) is 1. The van der Waals surface area contributed by atoms with Gasteiger partial charge >= 0.3 is 0 Å². The van der Waals surface area contributed by atoms with Gasteiger partial charge in [0.2, 0.25) is 11.8 Å². The van der Waals surface area contributed by atoms with Crippen LogP contribution in [0.4, 0.5) is 5.69 Å². The largest absolute Gasteiger partial charge is 0.494 e. The Hall–Kier alpha value is -4.05. The number of hydrogen-bond donors (Lipinski definition) is 1. The lowest BCUT2D eigenvalue weighted by atomic mass is 10.0. The molecule has 0 saturated carbocycles. The highest BCUT2D eigenvalue weighted by Gasteiger charge is 2.35. The molecule has 47 heavy (non-hydrogen) atoms. The summed E-state index contributed by atoms with van der Waals surface area (Å²) >= 11 is 12.7. The molecule has 0 fully saturated rings. The van der Waals surface area contributed by atoms with Crippen molar-refractivity contribution in [2.75, 3.05) is 24.0 Å². The van der Waals surface area contributed by atoms with Gasteiger partial charge in [-0.3, -0.25) is 13.9 Å². The van der Waals surface area contributed by atoms with Crippen LogP contribution in [0.25, 0.3) is 0 Å². The first-order chi connectivity index (χ1) is 22.5. The first-order valence-corrected chi connectivity index (χ1v) is 17.5. The van der Waals surface area contributed by atoms with E-state index >= 15 is 0 Å². The Kier molecular flexibility index (Phi) is 12.7. The summed E-state index contributed by atoms with van der Waals surface area (Å²) in [6, 6.07) is 27.7. The molecule has 0 bridgehead atoms. The SMILES string of the molecule is CCOc1ccc(S(=O)(=O)N(CC(=O)N(Cc2ccc(Cl)cc2Cl)[C@@H](Cc2ccccc2)C(=O)NCC(C)C)c2ccccc2)cc1. The highest BCUT2D eigenvalue weighted by atomic mass is 35.5. The second-order valence-corrected chi connectivity index (χ2v) is 14.1. The lowest BCUT2D eigenvalue weighted by molar-refractivity contribution is -0.140. The van der Waals surface area contributed by atoms with Crippen LogP contribution in [0.3, 0.4) is 0 Å². The number of halogens is 2. The van der Waals surface area contributed by atoms with Crippen molar-refractivity contribution in [3.63, 3.8) is 0 Å². The third-order valence-electron chi connectivity index (χ3n) is 7.36. The number of anilines is 1. The molecule has 1 N–H and O–H groups in total. The summed E-state index contributed by atoms with van der Waals surface area (Å²) in [7, 11) is -4.24. The molecule has 0 aliphatic rings. The van der Waals surface area contributed by atoms with E-state index in [0.717, 1.165) is 9.87 Å². The second-order valence-electron chi connectivity index (χ2n) is 11.4. The normalized spacial score (nSPS) is 12.0. The Morgan fingerprint density at radius 3 is 2.11 bits per heavy atom. The minimum absolute atomic E-state index is 0.0135. The average molecular weight is 697 g/mol. The number of carbonyl (C=O) groups is 2. The Morgan fingerprint density at radius 2 is 1.51 bits per heavy atom. The summed E-state index contributed by atoms with van der Waals surface area (Å²) in [5.74, 6) is -0.258. The van der Waals surface area contributed by atoms with E-state index in [1.807, 2.05) is 51.1 Å². The molecule has 4 aromatic carbocycles. The van der Waals surface area contributed by atoms with E-state index in [2.05, 4.69) is 5.32 Å². The Bertz CT molecular complexity index is 1740. The smallest absolute Gasteiger partial charge is 0.264 e. The summed E-state index contributed by atoms with van der Waals surface area (Å²) in [5, 5.41) is 3.71. The topological polar surface area (TPSA) is 96.0 Å². The number of nitrogens with zero attached hydrogens (tertiary/aromatic N) is 2. The minimum atomic E-state index is -4.24. The molecule has 0 unspecified atom stereocenters. The molecule has 2 amide bonds. The fraction of sp³-hybridized carbons (Fsp3) is 0.278. The lowest BCUT2D eigenvalue weighted by Gasteiger charge is -2.34. The molecule has 8 nitrogen and oxygen atoms in total. The van der Waals surface area contributed by atoms with Crippen LogP contribution in [0, 0.1) is 5.92 Å². The monoisotopic (exact) mass is 695 g/mol. The predicted octanol–water partition coefficient (Wildman–Crippen LogP) is 7.00. The van der Waals surface area contributed by atoms with Gasteiger partial charge in [0.25, 0.3) is 10.0 Å². The van der Waals surface area contributed by atoms with E-state index in [-0.39, 0.29) is 29.7 Å². The number of para-hydroxylation sites is 1. The molecular weight excluding hydrogens is 657 g/mol. The standard InChI is InChI=1S/C36H39Cl2N3O5S/c1-4-46-31-17-19-32(20-18-31)47(44,45)41(30-13-9-6-10-14-30)25-35(42)40(24-28-15-16-29(37)22-33(28)38)34(36(43)39-23-26(2)3)21-27-11-7-5-8-12-27/h5-20,22,26,34H,4,21,23-25H2,1-3H3,(H,39,43)/t34-/m0/s1. The van der Waals surface area contributed by atoms with E-state index in [9.17, 15) is 18.0 Å². The van der Waals surface area contributed by atoms with Crippen LogP contribution >= 0.6 is 23.2 Å². The molecule has 4 rings (SSSR count). The van der Waals surface area contributed by atoms with E-state index in [0.29, 0.717) is 40.2 Å². The van der Waals surface area contributed by atoms with Crippen molar-refractivity contribution in [1.29, 1.82) is 0 Å². The number of ether oxygens (including phenoxy) is 1. The van der Waals surface area contributed by atoms with Crippen molar-refractivity contribution in [2.45, 2.75) is 44.7 Å². The van der Waals surface area contributed by atoms with Crippen molar-refractivity contribution in [3.05, 3.63) is 124 Å². The number of benzene rings is 4. The van der Waals surface area contributed by atoms with Crippen LogP contribution in [0.1, 0.15) is 31.9 Å². The third kappa shape index (κ3) is 9.73. The first-order valence-electron chi connectivity index (χ1n) is 15.3. The maximum absolute atomic E-state index is 14.6. The molecule has 0 aliphatic carbocycles. The van der Waals surface area contributed by atoms with Crippen LogP contribution < -0.4 is 14.4 Å². The number of sulfonamides is 1. The van der Waals surface area contributed by atoms with Crippen molar-refractivity contribution in [3.8, 4) is 5.75 Å². The van der Waals surface area contributed by atoms with Crippen LogP contribution in [-0.2, 0) is 32.6 Å². The molecule has 0 saturated heterocycles. The molecule has 0 aliphatic heterocycles. The summed E-state index contributed by atoms with van der Waals surface area (Å²) < 4.78 is 34.9. The number of amides is 2. The van der Waals surface area contributed by atoms with Gasteiger partial charge in [-0.15, -0.1) is 0 Å².